The standard InChI is InChI=1S/C18H21BrN2O3/c1-12-8-14(19)5-6-15(12)21-18(22)11-20-10-13-4-7-16(23-2)17(9-13)24-3/h4-9,20H,10-11H2,1-3H3,(H,21,22). The van der Waals surface area contributed by atoms with Gasteiger partial charge >= 0.3 is 0 Å². The summed E-state index contributed by atoms with van der Waals surface area (Å²) in [5.41, 5.74) is 2.84. The predicted octanol–water partition coefficient (Wildman–Crippen LogP) is 3.50. The number of carbonyl (C=O) groups is 1. The van der Waals surface area contributed by atoms with Gasteiger partial charge in [0.2, 0.25) is 5.91 Å². The van der Waals surface area contributed by atoms with Gasteiger partial charge in [-0.2, -0.15) is 0 Å². The molecule has 0 saturated carbocycles. The number of hydrogen-bond donors (Lipinski definition) is 2. The van der Waals surface area contributed by atoms with Crippen LogP contribution in [-0.4, -0.2) is 26.7 Å². The molecular formula is C18H21BrN2O3. The van der Waals surface area contributed by atoms with Gasteiger partial charge in [0, 0.05) is 16.7 Å². The number of ether oxygens (including phenoxy) is 2. The molecule has 2 aromatic carbocycles. The van der Waals surface area contributed by atoms with E-state index >= 15 is 0 Å². The van der Waals surface area contributed by atoms with Crippen LogP contribution in [0.5, 0.6) is 11.5 Å². The summed E-state index contributed by atoms with van der Waals surface area (Å²) in [5.74, 6) is 1.28. The molecule has 128 valence electrons. The largest absolute Gasteiger partial charge is 0.493 e. The van der Waals surface area contributed by atoms with Gasteiger partial charge in [-0.1, -0.05) is 22.0 Å². The first-order chi connectivity index (χ1) is 11.5. The molecule has 0 fully saturated rings. The minimum absolute atomic E-state index is 0.0825. The van der Waals surface area contributed by atoms with Crippen molar-refractivity contribution in [2.24, 2.45) is 0 Å². The first kappa shape index (κ1) is 18.3. The summed E-state index contributed by atoms with van der Waals surface area (Å²) in [6.45, 7) is 2.74. The molecule has 2 aromatic rings. The van der Waals surface area contributed by atoms with Crippen LogP contribution in [0.25, 0.3) is 0 Å². The van der Waals surface area contributed by atoms with Crippen molar-refractivity contribution in [1.29, 1.82) is 0 Å². The van der Waals surface area contributed by atoms with Crippen molar-refractivity contribution in [2.75, 3.05) is 26.1 Å². The monoisotopic (exact) mass is 392 g/mol. The number of nitrogens with one attached hydrogen (secondary N) is 2. The van der Waals surface area contributed by atoms with Gasteiger partial charge in [-0.3, -0.25) is 4.79 Å². The summed E-state index contributed by atoms with van der Waals surface area (Å²) in [5, 5.41) is 6.02. The second-order valence-corrected chi connectivity index (χ2v) is 6.22. The van der Waals surface area contributed by atoms with E-state index in [1.807, 2.05) is 43.3 Å². The van der Waals surface area contributed by atoms with E-state index in [2.05, 4.69) is 26.6 Å². The van der Waals surface area contributed by atoms with E-state index in [1.165, 1.54) is 0 Å². The minimum Gasteiger partial charge on any atom is -0.493 e. The lowest BCUT2D eigenvalue weighted by molar-refractivity contribution is -0.115. The SMILES string of the molecule is COc1ccc(CNCC(=O)Nc2ccc(Br)cc2C)cc1OC. The number of rotatable bonds is 7. The van der Waals surface area contributed by atoms with Crippen molar-refractivity contribution < 1.29 is 14.3 Å². The maximum atomic E-state index is 12.0. The van der Waals surface area contributed by atoms with Crippen molar-refractivity contribution in [1.82, 2.24) is 5.32 Å². The lowest BCUT2D eigenvalue weighted by Crippen LogP contribution is -2.28. The van der Waals surface area contributed by atoms with Gasteiger partial charge in [0.05, 0.1) is 20.8 Å². The summed E-state index contributed by atoms with van der Waals surface area (Å²) in [6.07, 6.45) is 0. The fourth-order valence-electron chi connectivity index (χ4n) is 2.27. The van der Waals surface area contributed by atoms with Gasteiger partial charge in [0.15, 0.2) is 11.5 Å². The molecule has 0 aliphatic heterocycles. The molecule has 0 aromatic heterocycles. The van der Waals surface area contributed by atoms with E-state index in [4.69, 9.17) is 9.47 Å². The summed E-state index contributed by atoms with van der Waals surface area (Å²) in [4.78, 5) is 12.0. The Labute approximate surface area is 150 Å². The van der Waals surface area contributed by atoms with E-state index in [0.29, 0.717) is 18.0 Å². The highest BCUT2D eigenvalue weighted by Gasteiger charge is 2.07. The Morgan fingerprint density at radius 1 is 1.08 bits per heavy atom. The highest BCUT2D eigenvalue weighted by molar-refractivity contribution is 9.10. The third-order valence-corrected chi connectivity index (χ3v) is 4.02. The third-order valence-electron chi connectivity index (χ3n) is 3.53. The average molecular weight is 393 g/mol. The molecule has 0 spiro atoms. The number of carbonyl (C=O) groups excluding carboxylic acids is 1. The molecule has 0 atom stereocenters. The smallest absolute Gasteiger partial charge is 0.238 e. The zero-order chi connectivity index (χ0) is 17.5. The lowest BCUT2D eigenvalue weighted by Gasteiger charge is -2.11. The Morgan fingerprint density at radius 3 is 2.50 bits per heavy atom. The second kappa shape index (κ2) is 8.70. The highest BCUT2D eigenvalue weighted by atomic mass is 79.9. The van der Waals surface area contributed by atoms with Crippen LogP contribution in [0, 0.1) is 6.92 Å². The topological polar surface area (TPSA) is 59.6 Å². The van der Waals surface area contributed by atoms with Crippen molar-refractivity contribution >= 4 is 27.5 Å². The zero-order valence-electron chi connectivity index (χ0n) is 14.0. The Bertz CT molecular complexity index is 719. The van der Waals surface area contributed by atoms with E-state index in [1.54, 1.807) is 14.2 Å². The quantitative estimate of drug-likeness (QED) is 0.756. The number of methoxy groups -OCH3 is 2. The molecule has 5 nitrogen and oxygen atoms in total. The fraction of sp³-hybridized carbons (Fsp3) is 0.278. The molecule has 0 aliphatic rings. The normalized spacial score (nSPS) is 10.3. The number of amides is 1. The average Bonchev–Trinajstić information content (AvgIpc) is 2.57. The number of benzene rings is 2. The van der Waals surface area contributed by atoms with Gasteiger partial charge in [-0.15, -0.1) is 0 Å². The summed E-state index contributed by atoms with van der Waals surface area (Å²) in [7, 11) is 3.20. The Kier molecular flexibility index (Phi) is 6.63. The van der Waals surface area contributed by atoms with Gasteiger partial charge < -0.3 is 20.1 Å². The molecule has 0 bridgehead atoms. The van der Waals surface area contributed by atoms with Crippen molar-refractivity contribution in [3.05, 3.63) is 52.0 Å². The number of hydrogen-bond acceptors (Lipinski definition) is 4. The first-order valence-corrected chi connectivity index (χ1v) is 8.30. The maximum absolute atomic E-state index is 12.0. The maximum Gasteiger partial charge on any atom is 0.238 e. The van der Waals surface area contributed by atoms with Crippen LogP contribution in [0.3, 0.4) is 0 Å². The van der Waals surface area contributed by atoms with E-state index < -0.39 is 0 Å². The van der Waals surface area contributed by atoms with Crippen LogP contribution in [0.1, 0.15) is 11.1 Å². The highest BCUT2D eigenvalue weighted by Crippen LogP contribution is 2.27. The molecule has 0 unspecified atom stereocenters. The predicted molar refractivity (Wildman–Crippen MR) is 98.8 cm³/mol. The zero-order valence-corrected chi connectivity index (χ0v) is 15.6. The fourth-order valence-corrected chi connectivity index (χ4v) is 2.75. The van der Waals surface area contributed by atoms with Crippen LogP contribution >= 0.6 is 15.9 Å². The number of aryl methyl sites for hydroxylation is 1. The van der Waals surface area contributed by atoms with E-state index in [9.17, 15) is 4.79 Å². The van der Waals surface area contributed by atoms with Crippen LogP contribution < -0.4 is 20.1 Å². The summed E-state index contributed by atoms with van der Waals surface area (Å²) >= 11 is 3.41. The molecule has 0 saturated heterocycles. The van der Waals surface area contributed by atoms with E-state index in [0.717, 1.165) is 21.3 Å². The van der Waals surface area contributed by atoms with Crippen LogP contribution in [0.4, 0.5) is 5.69 Å². The second-order valence-electron chi connectivity index (χ2n) is 5.30. The van der Waals surface area contributed by atoms with Crippen molar-refractivity contribution in [3.8, 4) is 11.5 Å². The molecule has 0 radical (unpaired) electrons. The van der Waals surface area contributed by atoms with Crippen molar-refractivity contribution in [3.63, 3.8) is 0 Å². The van der Waals surface area contributed by atoms with Crippen molar-refractivity contribution in [2.45, 2.75) is 13.5 Å². The van der Waals surface area contributed by atoms with E-state index in [-0.39, 0.29) is 12.5 Å². The van der Waals surface area contributed by atoms with Crippen LogP contribution in [-0.2, 0) is 11.3 Å². The number of halogens is 1. The molecule has 0 aliphatic carbocycles. The Balaban J connectivity index is 1.86. The van der Waals surface area contributed by atoms with Crippen LogP contribution in [0.2, 0.25) is 0 Å². The summed E-state index contributed by atoms with van der Waals surface area (Å²) in [6, 6.07) is 11.4. The lowest BCUT2D eigenvalue weighted by atomic mass is 10.2. The van der Waals surface area contributed by atoms with Gasteiger partial charge in [-0.05, 0) is 48.4 Å². The third kappa shape index (κ3) is 4.97. The van der Waals surface area contributed by atoms with Gasteiger partial charge in [0.1, 0.15) is 0 Å². The molecule has 6 heteroatoms. The first-order valence-electron chi connectivity index (χ1n) is 7.51. The molecule has 2 rings (SSSR count). The molecule has 1 amide bonds. The molecule has 2 N–H and O–H groups in total. The summed E-state index contributed by atoms with van der Waals surface area (Å²) < 4.78 is 11.5. The Hall–Kier alpha value is -2.05. The molecular weight excluding hydrogens is 372 g/mol. The van der Waals surface area contributed by atoms with Gasteiger partial charge in [-0.25, -0.2) is 0 Å². The molecule has 0 heterocycles. The molecule has 24 heavy (non-hydrogen) atoms. The minimum atomic E-state index is -0.0825. The Morgan fingerprint density at radius 2 is 1.83 bits per heavy atom. The van der Waals surface area contributed by atoms with Crippen LogP contribution in [0.15, 0.2) is 40.9 Å². The van der Waals surface area contributed by atoms with Gasteiger partial charge in [0.25, 0.3) is 0 Å². The number of anilines is 1.